The van der Waals surface area contributed by atoms with Crippen molar-refractivity contribution in [1.29, 1.82) is 0 Å². The number of amides is 1. The van der Waals surface area contributed by atoms with Crippen molar-refractivity contribution in [2.45, 2.75) is 25.6 Å². The lowest BCUT2D eigenvalue weighted by atomic mass is 10.1. The smallest absolute Gasteiger partial charge is 0.258 e. The molecule has 0 radical (unpaired) electrons. The van der Waals surface area contributed by atoms with E-state index in [2.05, 4.69) is 10.3 Å². The van der Waals surface area contributed by atoms with Crippen molar-refractivity contribution >= 4 is 23.3 Å². The second-order valence-electron chi connectivity index (χ2n) is 6.21. The van der Waals surface area contributed by atoms with Crippen LogP contribution < -0.4 is 10.9 Å². The number of pyridine rings is 1. The summed E-state index contributed by atoms with van der Waals surface area (Å²) in [6.07, 6.45) is 1.78. The molecule has 26 heavy (non-hydrogen) atoms. The van der Waals surface area contributed by atoms with Crippen LogP contribution in [0.2, 0.25) is 0 Å². The first-order valence-corrected chi connectivity index (χ1v) is 9.59. The van der Waals surface area contributed by atoms with Gasteiger partial charge in [-0.15, -0.1) is 11.8 Å². The molecular formula is C20H21N3O2S. The van der Waals surface area contributed by atoms with Crippen molar-refractivity contribution in [1.82, 2.24) is 14.7 Å². The van der Waals surface area contributed by atoms with Crippen molar-refractivity contribution in [2.75, 3.05) is 5.75 Å². The molecule has 0 aliphatic carbocycles. The molecule has 0 aliphatic heterocycles. The third kappa shape index (κ3) is 4.52. The number of carbonyl (C=O) groups is 1. The van der Waals surface area contributed by atoms with Gasteiger partial charge in [-0.3, -0.25) is 14.0 Å². The number of fused-ring (bicyclic) bond motifs is 1. The fourth-order valence-corrected chi connectivity index (χ4v) is 3.42. The lowest BCUT2D eigenvalue weighted by molar-refractivity contribution is -0.119. The van der Waals surface area contributed by atoms with Gasteiger partial charge in [-0.05, 0) is 31.0 Å². The molecule has 1 N–H and O–H groups in total. The Labute approximate surface area is 156 Å². The SMILES string of the molecule is Cc1ccc2nc(CSCC(=O)N[C@@H](C)c3ccccc3)cc(=O)n2c1. The van der Waals surface area contributed by atoms with Gasteiger partial charge in [0.25, 0.3) is 5.56 Å². The summed E-state index contributed by atoms with van der Waals surface area (Å²) in [4.78, 5) is 28.8. The molecule has 0 bridgehead atoms. The first kappa shape index (κ1) is 18.2. The van der Waals surface area contributed by atoms with E-state index in [1.165, 1.54) is 22.2 Å². The van der Waals surface area contributed by atoms with Gasteiger partial charge in [-0.2, -0.15) is 0 Å². The molecule has 0 spiro atoms. The Hall–Kier alpha value is -2.60. The van der Waals surface area contributed by atoms with Gasteiger partial charge < -0.3 is 5.32 Å². The predicted octanol–water partition coefficient (Wildman–Crippen LogP) is 3.11. The zero-order chi connectivity index (χ0) is 18.5. The third-order valence-corrected chi connectivity index (χ3v) is 4.99. The second-order valence-corrected chi connectivity index (χ2v) is 7.20. The Balaban J connectivity index is 1.56. The van der Waals surface area contributed by atoms with E-state index >= 15 is 0 Å². The van der Waals surface area contributed by atoms with Crippen LogP contribution in [-0.4, -0.2) is 21.0 Å². The molecular weight excluding hydrogens is 346 g/mol. The largest absolute Gasteiger partial charge is 0.349 e. The Morgan fingerprint density at radius 2 is 2.00 bits per heavy atom. The van der Waals surface area contributed by atoms with E-state index in [9.17, 15) is 9.59 Å². The van der Waals surface area contributed by atoms with Gasteiger partial charge in [0, 0.05) is 18.0 Å². The number of nitrogens with zero attached hydrogens (tertiary/aromatic N) is 2. The summed E-state index contributed by atoms with van der Waals surface area (Å²) < 4.78 is 1.54. The fraction of sp³-hybridized carbons (Fsp3) is 0.250. The maximum Gasteiger partial charge on any atom is 0.258 e. The van der Waals surface area contributed by atoms with E-state index in [1.807, 2.05) is 56.3 Å². The highest BCUT2D eigenvalue weighted by atomic mass is 32.2. The monoisotopic (exact) mass is 367 g/mol. The molecule has 0 aliphatic rings. The Morgan fingerprint density at radius 1 is 1.23 bits per heavy atom. The van der Waals surface area contributed by atoms with E-state index in [1.54, 1.807) is 6.20 Å². The maximum absolute atomic E-state index is 12.2. The van der Waals surface area contributed by atoms with Crippen LogP contribution in [0.25, 0.3) is 5.65 Å². The second kappa shape index (κ2) is 8.19. The van der Waals surface area contributed by atoms with E-state index < -0.39 is 0 Å². The van der Waals surface area contributed by atoms with Crippen LogP contribution in [0.1, 0.15) is 29.8 Å². The average molecular weight is 367 g/mol. The van der Waals surface area contributed by atoms with Gasteiger partial charge in [-0.25, -0.2) is 4.98 Å². The van der Waals surface area contributed by atoms with Gasteiger partial charge in [-0.1, -0.05) is 36.4 Å². The molecule has 134 valence electrons. The molecule has 1 aromatic carbocycles. The molecule has 0 saturated heterocycles. The van der Waals surface area contributed by atoms with E-state index in [0.717, 1.165) is 11.1 Å². The zero-order valence-corrected chi connectivity index (χ0v) is 15.6. The van der Waals surface area contributed by atoms with Gasteiger partial charge in [0.05, 0.1) is 17.5 Å². The Morgan fingerprint density at radius 3 is 2.77 bits per heavy atom. The summed E-state index contributed by atoms with van der Waals surface area (Å²) in [6.45, 7) is 3.90. The van der Waals surface area contributed by atoms with Crippen LogP contribution in [0.4, 0.5) is 0 Å². The number of carbonyl (C=O) groups excluding carboxylic acids is 1. The first-order valence-electron chi connectivity index (χ1n) is 8.44. The number of aromatic nitrogens is 2. The lowest BCUT2D eigenvalue weighted by Crippen LogP contribution is -2.28. The molecule has 3 rings (SSSR count). The summed E-state index contributed by atoms with van der Waals surface area (Å²) in [5.41, 5.74) is 3.29. The van der Waals surface area contributed by atoms with Crippen LogP contribution in [0.5, 0.6) is 0 Å². The highest BCUT2D eigenvalue weighted by molar-refractivity contribution is 7.99. The molecule has 0 fully saturated rings. The topological polar surface area (TPSA) is 63.5 Å². The highest BCUT2D eigenvalue weighted by Crippen LogP contribution is 2.13. The molecule has 6 heteroatoms. The molecule has 1 amide bonds. The maximum atomic E-state index is 12.2. The van der Waals surface area contributed by atoms with Crippen LogP contribution in [0.3, 0.4) is 0 Å². The summed E-state index contributed by atoms with van der Waals surface area (Å²) in [6, 6.07) is 15.1. The molecule has 2 heterocycles. The molecule has 1 atom stereocenters. The Bertz CT molecular complexity index is 970. The Kier molecular flexibility index (Phi) is 5.73. The minimum Gasteiger partial charge on any atom is -0.349 e. The van der Waals surface area contributed by atoms with E-state index in [0.29, 0.717) is 22.8 Å². The summed E-state index contributed by atoms with van der Waals surface area (Å²) in [5.74, 6) is 0.818. The first-order chi connectivity index (χ1) is 12.5. The number of aryl methyl sites for hydroxylation is 1. The van der Waals surface area contributed by atoms with Crippen LogP contribution in [0.15, 0.2) is 59.5 Å². The zero-order valence-electron chi connectivity index (χ0n) is 14.8. The molecule has 0 saturated carbocycles. The minimum absolute atomic E-state index is 0.0283. The van der Waals surface area contributed by atoms with Gasteiger partial charge in [0.2, 0.25) is 5.91 Å². The van der Waals surface area contributed by atoms with Gasteiger partial charge in [0.1, 0.15) is 5.65 Å². The fourth-order valence-electron chi connectivity index (χ4n) is 2.69. The van der Waals surface area contributed by atoms with Crippen molar-refractivity contribution in [3.05, 3.63) is 81.9 Å². The number of nitrogens with one attached hydrogen (secondary N) is 1. The molecule has 5 nitrogen and oxygen atoms in total. The van der Waals surface area contributed by atoms with E-state index in [4.69, 9.17) is 0 Å². The van der Waals surface area contributed by atoms with E-state index in [-0.39, 0.29) is 17.5 Å². The number of benzene rings is 1. The van der Waals surface area contributed by atoms with Crippen LogP contribution >= 0.6 is 11.8 Å². The van der Waals surface area contributed by atoms with Gasteiger partial charge in [0.15, 0.2) is 0 Å². The van der Waals surface area contributed by atoms with Crippen LogP contribution in [0, 0.1) is 6.92 Å². The third-order valence-electron chi connectivity index (χ3n) is 4.02. The molecule has 2 aromatic heterocycles. The predicted molar refractivity (Wildman–Crippen MR) is 105 cm³/mol. The summed E-state index contributed by atoms with van der Waals surface area (Å²) in [5, 5.41) is 2.98. The number of rotatable bonds is 6. The summed E-state index contributed by atoms with van der Waals surface area (Å²) in [7, 11) is 0. The van der Waals surface area contributed by atoms with Crippen molar-refractivity contribution in [3.63, 3.8) is 0 Å². The normalized spacial score (nSPS) is 12.1. The van der Waals surface area contributed by atoms with Crippen molar-refractivity contribution < 1.29 is 4.79 Å². The molecule has 0 unspecified atom stereocenters. The van der Waals surface area contributed by atoms with Crippen molar-refractivity contribution in [2.24, 2.45) is 0 Å². The van der Waals surface area contributed by atoms with Gasteiger partial charge >= 0.3 is 0 Å². The van der Waals surface area contributed by atoms with Crippen molar-refractivity contribution in [3.8, 4) is 0 Å². The number of hydrogen-bond donors (Lipinski definition) is 1. The lowest BCUT2D eigenvalue weighted by Gasteiger charge is -2.14. The highest BCUT2D eigenvalue weighted by Gasteiger charge is 2.10. The van der Waals surface area contributed by atoms with Crippen LogP contribution in [-0.2, 0) is 10.5 Å². The molecule has 3 aromatic rings. The number of thioether (sulfide) groups is 1. The quantitative estimate of drug-likeness (QED) is 0.727. The number of hydrogen-bond acceptors (Lipinski definition) is 4. The average Bonchev–Trinajstić information content (AvgIpc) is 2.63. The minimum atomic E-state index is -0.101. The summed E-state index contributed by atoms with van der Waals surface area (Å²) >= 11 is 1.45. The standard InChI is InChI=1S/C20H21N3O2S/c1-14-8-9-18-22-17(10-20(25)23(18)11-14)12-26-13-19(24)21-15(2)16-6-4-3-5-7-16/h3-11,15H,12-13H2,1-2H3,(H,21,24)/t15-/m0/s1.